The summed E-state index contributed by atoms with van der Waals surface area (Å²) in [5.41, 5.74) is 1.16. The van der Waals surface area contributed by atoms with Gasteiger partial charge in [0.05, 0.1) is 29.7 Å². The Kier molecular flexibility index (Phi) is 12.5. The van der Waals surface area contributed by atoms with Crippen LogP contribution in [0, 0.1) is 0 Å². The zero-order valence-corrected chi connectivity index (χ0v) is 13.6. The molecule has 1 radical (unpaired) electrons. The normalized spacial score (nSPS) is 8.31. The van der Waals surface area contributed by atoms with Crippen LogP contribution < -0.4 is 10.3 Å². The van der Waals surface area contributed by atoms with E-state index in [0.717, 1.165) is 0 Å². The molecule has 0 aliphatic rings. The van der Waals surface area contributed by atoms with Crippen LogP contribution in [-0.2, 0) is 17.1 Å². The second kappa shape index (κ2) is 13.0. The number of rotatable bonds is 2. The molecule has 0 aliphatic heterocycles. The molecule has 15 nitrogen and oxygen atoms in total. The summed E-state index contributed by atoms with van der Waals surface area (Å²) < 4.78 is 0. The first kappa shape index (κ1) is 24.9. The monoisotopic (exact) mass is 411 g/mol. The Hall–Kier alpha value is -3.30. The SMILES string of the molecule is O.O.O.[Cu+2].c1cnc(-c2nn[n-]n2)cn1.c1cnc(-c2nnn[n-]2)cn1. The van der Waals surface area contributed by atoms with Gasteiger partial charge in [-0.25, -0.2) is 5.10 Å². The summed E-state index contributed by atoms with van der Waals surface area (Å²) in [5, 5.41) is 27.7. The van der Waals surface area contributed by atoms with Crippen molar-refractivity contribution in [1.82, 2.24) is 61.2 Å². The molecule has 26 heavy (non-hydrogen) atoms. The van der Waals surface area contributed by atoms with E-state index in [2.05, 4.69) is 61.2 Å². The summed E-state index contributed by atoms with van der Waals surface area (Å²) in [4.78, 5) is 15.6. The Morgan fingerprint density at radius 1 is 0.731 bits per heavy atom. The molecule has 0 unspecified atom stereocenters. The van der Waals surface area contributed by atoms with E-state index in [1.54, 1.807) is 37.2 Å². The van der Waals surface area contributed by atoms with Crippen LogP contribution in [-0.4, -0.2) is 67.3 Å². The first-order valence-electron chi connectivity index (χ1n) is 5.83. The smallest absolute Gasteiger partial charge is 0.412 e. The van der Waals surface area contributed by atoms with Crippen LogP contribution in [0.2, 0.25) is 0 Å². The maximum Gasteiger partial charge on any atom is 2.00 e. The van der Waals surface area contributed by atoms with Gasteiger partial charge in [0.1, 0.15) is 5.69 Å². The number of nitrogens with zero attached hydrogens (tertiary/aromatic N) is 12. The van der Waals surface area contributed by atoms with Gasteiger partial charge in [0.25, 0.3) is 0 Å². The fourth-order valence-electron chi connectivity index (χ4n) is 1.32. The minimum atomic E-state index is 0. The number of hydrogen-bond acceptors (Lipinski definition) is 10. The molecule has 4 heterocycles. The van der Waals surface area contributed by atoms with Crippen LogP contribution in [0.4, 0.5) is 0 Å². The Morgan fingerprint density at radius 3 is 1.85 bits per heavy atom. The average molecular weight is 412 g/mol. The Labute approximate surface area is 155 Å². The largest absolute Gasteiger partial charge is 2.00 e. The Morgan fingerprint density at radius 2 is 1.38 bits per heavy atom. The van der Waals surface area contributed by atoms with Crippen LogP contribution in [0.1, 0.15) is 0 Å². The molecular formula is C10H12CuN12O3. The number of aromatic nitrogens is 12. The van der Waals surface area contributed by atoms with Crippen LogP contribution >= 0.6 is 0 Å². The molecule has 6 N–H and O–H groups in total. The summed E-state index contributed by atoms with van der Waals surface area (Å²) >= 11 is 0. The molecule has 0 fully saturated rings. The van der Waals surface area contributed by atoms with E-state index in [9.17, 15) is 0 Å². The molecule has 16 heteroatoms. The van der Waals surface area contributed by atoms with Gasteiger partial charge in [-0.3, -0.25) is 40.7 Å². The molecule has 0 saturated carbocycles. The van der Waals surface area contributed by atoms with Gasteiger partial charge >= 0.3 is 17.1 Å². The molecule has 0 saturated heterocycles. The van der Waals surface area contributed by atoms with E-state index in [1.165, 1.54) is 0 Å². The fraction of sp³-hybridized carbons (Fsp3) is 0. The molecule has 0 bridgehead atoms. The van der Waals surface area contributed by atoms with E-state index in [-0.39, 0.29) is 33.5 Å². The van der Waals surface area contributed by atoms with Crippen molar-refractivity contribution in [2.24, 2.45) is 0 Å². The van der Waals surface area contributed by atoms with Crippen molar-refractivity contribution in [1.29, 1.82) is 0 Å². The fourth-order valence-corrected chi connectivity index (χ4v) is 1.32. The molecule has 0 aromatic carbocycles. The number of hydrogen-bond donors (Lipinski definition) is 0. The molecule has 0 spiro atoms. The standard InChI is InChI=1S/2C5H3N6.Cu.3H2O/c2*1-2-7-4(3-6-1)5-8-10-11-9-5;;;;/h2*1-3H;;3*1H2/q2*-1;+2;;;. The van der Waals surface area contributed by atoms with Crippen molar-refractivity contribution in [3.63, 3.8) is 0 Å². The zero-order chi connectivity index (χ0) is 15.0. The van der Waals surface area contributed by atoms with Crippen molar-refractivity contribution in [2.45, 2.75) is 0 Å². The van der Waals surface area contributed by atoms with Gasteiger partial charge in [-0.15, -0.1) is 0 Å². The first-order valence-corrected chi connectivity index (χ1v) is 5.83. The van der Waals surface area contributed by atoms with E-state index < -0.39 is 0 Å². The Bertz CT molecular complexity index is 717. The summed E-state index contributed by atoms with van der Waals surface area (Å²) in [6.45, 7) is 0. The quantitative estimate of drug-likeness (QED) is 0.286. The molecule has 0 atom stereocenters. The van der Waals surface area contributed by atoms with E-state index in [1.807, 2.05) is 0 Å². The third-order valence-corrected chi connectivity index (χ3v) is 2.22. The van der Waals surface area contributed by atoms with Gasteiger partial charge in [-0.05, 0) is 0 Å². The first-order chi connectivity index (χ1) is 10.9. The second-order valence-electron chi connectivity index (χ2n) is 3.59. The molecular weight excluding hydrogens is 400 g/mol. The summed E-state index contributed by atoms with van der Waals surface area (Å²) in [6, 6.07) is 0. The van der Waals surface area contributed by atoms with E-state index >= 15 is 0 Å². The predicted octanol–water partition coefficient (Wildman–Crippen LogP) is -3.90. The second-order valence-corrected chi connectivity index (χ2v) is 3.59. The predicted molar refractivity (Wildman–Crippen MR) is 79.2 cm³/mol. The van der Waals surface area contributed by atoms with Gasteiger partial charge in [0.15, 0.2) is 0 Å². The summed E-state index contributed by atoms with van der Waals surface area (Å²) in [7, 11) is 0. The third kappa shape index (κ3) is 6.67. The van der Waals surface area contributed by atoms with Crippen LogP contribution in [0.15, 0.2) is 37.2 Å². The van der Waals surface area contributed by atoms with Gasteiger partial charge in [-0.1, -0.05) is 0 Å². The molecule has 4 rings (SSSR count). The van der Waals surface area contributed by atoms with Crippen molar-refractivity contribution in [2.75, 3.05) is 0 Å². The minimum absolute atomic E-state index is 0. The van der Waals surface area contributed by atoms with E-state index in [0.29, 0.717) is 23.0 Å². The van der Waals surface area contributed by atoms with E-state index in [4.69, 9.17) is 0 Å². The maximum absolute atomic E-state index is 3.95. The topological polar surface area (TPSA) is 252 Å². The van der Waals surface area contributed by atoms with Crippen molar-refractivity contribution < 1.29 is 33.5 Å². The zero-order valence-electron chi connectivity index (χ0n) is 12.6. The van der Waals surface area contributed by atoms with Crippen molar-refractivity contribution >= 4 is 0 Å². The van der Waals surface area contributed by atoms with Crippen LogP contribution in [0.5, 0.6) is 0 Å². The summed E-state index contributed by atoms with van der Waals surface area (Å²) in [5.74, 6) is 0.802. The molecule has 0 amide bonds. The molecule has 0 aliphatic carbocycles. The van der Waals surface area contributed by atoms with Crippen LogP contribution in [0.25, 0.3) is 23.0 Å². The van der Waals surface area contributed by atoms with Gasteiger partial charge in [0.2, 0.25) is 0 Å². The molecule has 4 aromatic heterocycles. The Balaban J connectivity index is 0. The van der Waals surface area contributed by atoms with Crippen molar-refractivity contribution in [3.8, 4) is 23.0 Å². The number of tetrazole rings is 2. The average Bonchev–Trinajstić information content (AvgIpc) is 3.31. The van der Waals surface area contributed by atoms with Crippen LogP contribution in [0.3, 0.4) is 0 Å². The third-order valence-electron chi connectivity index (χ3n) is 2.22. The summed E-state index contributed by atoms with van der Waals surface area (Å²) in [6.07, 6.45) is 9.38. The molecule has 4 aromatic rings. The van der Waals surface area contributed by atoms with Crippen molar-refractivity contribution in [3.05, 3.63) is 37.2 Å². The van der Waals surface area contributed by atoms with Gasteiger partial charge < -0.3 is 26.6 Å². The minimum Gasteiger partial charge on any atom is -0.412 e. The molecule has 141 valence electrons. The van der Waals surface area contributed by atoms with Gasteiger partial charge in [0, 0.05) is 24.8 Å². The maximum atomic E-state index is 3.95. The van der Waals surface area contributed by atoms with Gasteiger partial charge in [-0.2, -0.15) is 5.21 Å².